The molecule has 0 aromatic rings. The Morgan fingerprint density at radius 1 is 1.36 bits per heavy atom. The molecule has 0 bridgehead atoms. The maximum atomic E-state index is 11.4. The first-order valence-electron chi connectivity index (χ1n) is 5.23. The van der Waals surface area contributed by atoms with Crippen molar-refractivity contribution >= 4 is 11.8 Å². The van der Waals surface area contributed by atoms with Crippen LogP contribution < -0.4 is 5.32 Å². The summed E-state index contributed by atoms with van der Waals surface area (Å²) in [5, 5.41) is 3.19. The van der Waals surface area contributed by atoms with Gasteiger partial charge < -0.3 is 5.32 Å². The fourth-order valence-corrected chi connectivity index (χ4v) is 2.00. The average molecular weight is 196 g/mol. The molecule has 2 amide bonds. The van der Waals surface area contributed by atoms with Crippen LogP contribution in [0.25, 0.3) is 0 Å². The highest BCUT2D eigenvalue weighted by atomic mass is 16.2. The van der Waals surface area contributed by atoms with Crippen LogP contribution in [0, 0.1) is 5.92 Å². The molecule has 1 heterocycles. The number of nitrogens with zero attached hydrogens (tertiary/aromatic N) is 1. The van der Waals surface area contributed by atoms with Gasteiger partial charge in [-0.2, -0.15) is 0 Å². The van der Waals surface area contributed by atoms with Crippen molar-refractivity contribution in [2.24, 2.45) is 5.92 Å². The minimum Gasteiger partial charge on any atom is -0.315 e. The summed E-state index contributed by atoms with van der Waals surface area (Å²) in [6.45, 7) is 0.568. The van der Waals surface area contributed by atoms with E-state index in [1.165, 1.54) is 17.7 Å². The number of hydrogen-bond acceptors (Lipinski definition) is 3. The van der Waals surface area contributed by atoms with E-state index in [0.29, 0.717) is 31.3 Å². The van der Waals surface area contributed by atoms with Gasteiger partial charge in [0.15, 0.2) is 0 Å². The van der Waals surface area contributed by atoms with Crippen LogP contribution in [0.15, 0.2) is 0 Å². The summed E-state index contributed by atoms with van der Waals surface area (Å²) >= 11 is 0. The molecule has 14 heavy (non-hydrogen) atoms. The van der Waals surface area contributed by atoms with Gasteiger partial charge in [0.1, 0.15) is 0 Å². The number of imide groups is 1. The van der Waals surface area contributed by atoms with Crippen LogP contribution in [-0.2, 0) is 9.59 Å². The predicted molar refractivity (Wildman–Crippen MR) is 51.5 cm³/mol. The molecular formula is C10H16N2O2. The molecule has 1 saturated carbocycles. The van der Waals surface area contributed by atoms with E-state index in [0.717, 1.165) is 0 Å². The Kier molecular flexibility index (Phi) is 2.54. The predicted octanol–water partition coefficient (Wildman–Crippen LogP) is 0.133. The Labute approximate surface area is 83.6 Å². The fourth-order valence-electron chi connectivity index (χ4n) is 2.00. The summed E-state index contributed by atoms with van der Waals surface area (Å²) in [7, 11) is 1.90. The Hall–Kier alpha value is -0.900. The zero-order valence-corrected chi connectivity index (χ0v) is 8.45. The molecule has 4 heteroatoms. The lowest BCUT2D eigenvalue weighted by Crippen LogP contribution is -2.43. The van der Waals surface area contributed by atoms with Crippen LogP contribution in [0.2, 0.25) is 0 Å². The summed E-state index contributed by atoms with van der Waals surface area (Å²) in [5.74, 6) is 0.660. The lowest BCUT2D eigenvalue weighted by Gasteiger charge is -2.21. The van der Waals surface area contributed by atoms with Gasteiger partial charge in [-0.3, -0.25) is 14.5 Å². The van der Waals surface area contributed by atoms with Gasteiger partial charge in [0, 0.05) is 25.4 Å². The third kappa shape index (κ3) is 1.80. The molecule has 1 aliphatic carbocycles. The molecule has 1 aliphatic heterocycles. The number of carbonyl (C=O) groups excluding carboxylic acids is 2. The van der Waals surface area contributed by atoms with Crippen LogP contribution in [0.5, 0.6) is 0 Å². The lowest BCUT2D eigenvalue weighted by atomic mass is 10.2. The highest BCUT2D eigenvalue weighted by Crippen LogP contribution is 2.33. The van der Waals surface area contributed by atoms with Crippen molar-refractivity contribution in [3.05, 3.63) is 0 Å². The van der Waals surface area contributed by atoms with E-state index in [1.54, 1.807) is 0 Å². The van der Waals surface area contributed by atoms with E-state index in [1.807, 2.05) is 7.05 Å². The van der Waals surface area contributed by atoms with Crippen LogP contribution >= 0.6 is 0 Å². The highest BCUT2D eigenvalue weighted by Gasteiger charge is 2.36. The van der Waals surface area contributed by atoms with Crippen molar-refractivity contribution in [3.63, 3.8) is 0 Å². The third-order valence-corrected chi connectivity index (χ3v) is 3.10. The largest absolute Gasteiger partial charge is 0.315 e. The third-order valence-electron chi connectivity index (χ3n) is 3.10. The topological polar surface area (TPSA) is 49.4 Å². The van der Waals surface area contributed by atoms with E-state index in [9.17, 15) is 9.59 Å². The summed E-state index contributed by atoms with van der Waals surface area (Å²) in [5.41, 5.74) is 0. The molecular weight excluding hydrogens is 180 g/mol. The molecule has 1 unspecified atom stereocenters. The van der Waals surface area contributed by atoms with E-state index >= 15 is 0 Å². The monoisotopic (exact) mass is 196 g/mol. The van der Waals surface area contributed by atoms with Crippen molar-refractivity contribution in [3.8, 4) is 0 Å². The molecule has 0 aromatic carbocycles. The van der Waals surface area contributed by atoms with Crippen LogP contribution in [0.3, 0.4) is 0 Å². The first kappa shape index (κ1) is 9.65. The number of nitrogens with one attached hydrogen (secondary N) is 1. The van der Waals surface area contributed by atoms with Gasteiger partial charge in [0.05, 0.1) is 0 Å². The van der Waals surface area contributed by atoms with E-state index in [-0.39, 0.29) is 11.8 Å². The number of carbonyl (C=O) groups is 2. The zero-order valence-electron chi connectivity index (χ0n) is 8.45. The van der Waals surface area contributed by atoms with Gasteiger partial charge in [0.2, 0.25) is 11.8 Å². The molecule has 1 saturated heterocycles. The molecule has 0 aromatic heterocycles. The summed E-state index contributed by atoms with van der Waals surface area (Å²) in [6, 6.07) is 0.306. The number of amides is 2. The normalized spacial score (nSPS) is 24.5. The molecule has 2 aliphatic rings. The fraction of sp³-hybridized carbons (Fsp3) is 0.800. The van der Waals surface area contributed by atoms with Gasteiger partial charge in [0.25, 0.3) is 0 Å². The Morgan fingerprint density at radius 2 is 1.93 bits per heavy atom. The number of likely N-dealkylation sites (N-methyl/N-ethyl adjacent to an activating group) is 1. The van der Waals surface area contributed by atoms with E-state index < -0.39 is 0 Å². The van der Waals surface area contributed by atoms with Gasteiger partial charge >= 0.3 is 0 Å². The van der Waals surface area contributed by atoms with E-state index in [4.69, 9.17) is 0 Å². The zero-order chi connectivity index (χ0) is 10.1. The molecule has 78 valence electrons. The summed E-state index contributed by atoms with van der Waals surface area (Å²) in [6.07, 6.45) is 3.25. The van der Waals surface area contributed by atoms with Crippen LogP contribution in [0.4, 0.5) is 0 Å². The second kappa shape index (κ2) is 3.69. The first-order valence-corrected chi connectivity index (χ1v) is 5.23. The lowest BCUT2D eigenvalue weighted by molar-refractivity contribution is -0.138. The second-order valence-electron chi connectivity index (χ2n) is 4.13. The van der Waals surface area contributed by atoms with Crippen LogP contribution in [0.1, 0.15) is 25.7 Å². The Balaban J connectivity index is 1.94. The smallest absolute Gasteiger partial charge is 0.229 e. The van der Waals surface area contributed by atoms with Crippen LogP contribution in [-0.4, -0.2) is 36.3 Å². The van der Waals surface area contributed by atoms with Crippen molar-refractivity contribution in [1.82, 2.24) is 10.2 Å². The minimum atomic E-state index is -0.00380. The highest BCUT2D eigenvalue weighted by molar-refractivity contribution is 6.01. The first-order chi connectivity index (χ1) is 6.72. The van der Waals surface area contributed by atoms with Gasteiger partial charge in [-0.05, 0) is 25.8 Å². The standard InChI is InChI=1S/C10H16N2O2/c1-11-8(7-2-3-7)6-12-9(13)4-5-10(12)14/h7-8,11H,2-6H2,1H3. The maximum absolute atomic E-state index is 11.4. The SMILES string of the molecule is CNC(CN1C(=O)CCC1=O)C1CC1. The van der Waals surface area contributed by atoms with Crippen molar-refractivity contribution in [2.75, 3.05) is 13.6 Å². The number of hydrogen-bond donors (Lipinski definition) is 1. The van der Waals surface area contributed by atoms with Crippen molar-refractivity contribution < 1.29 is 9.59 Å². The minimum absolute atomic E-state index is 0.00380. The summed E-state index contributed by atoms with van der Waals surface area (Å²) in [4.78, 5) is 24.1. The molecule has 0 radical (unpaired) electrons. The second-order valence-corrected chi connectivity index (χ2v) is 4.13. The number of likely N-dealkylation sites (tertiary alicyclic amines) is 1. The van der Waals surface area contributed by atoms with Gasteiger partial charge in [-0.25, -0.2) is 0 Å². The molecule has 0 spiro atoms. The molecule has 2 fully saturated rings. The quantitative estimate of drug-likeness (QED) is 0.650. The average Bonchev–Trinajstić information content (AvgIpc) is 2.95. The van der Waals surface area contributed by atoms with Crippen molar-refractivity contribution in [2.45, 2.75) is 31.7 Å². The van der Waals surface area contributed by atoms with E-state index in [2.05, 4.69) is 5.32 Å². The summed E-state index contributed by atoms with van der Waals surface area (Å²) < 4.78 is 0. The molecule has 1 atom stereocenters. The Morgan fingerprint density at radius 3 is 2.36 bits per heavy atom. The van der Waals surface area contributed by atoms with Gasteiger partial charge in [-0.15, -0.1) is 0 Å². The Bertz CT molecular complexity index is 245. The number of rotatable bonds is 4. The molecule has 2 rings (SSSR count). The van der Waals surface area contributed by atoms with Crippen molar-refractivity contribution in [1.29, 1.82) is 0 Å². The molecule has 1 N–H and O–H groups in total. The molecule has 4 nitrogen and oxygen atoms in total. The van der Waals surface area contributed by atoms with Gasteiger partial charge in [-0.1, -0.05) is 0 Å². The maximum Gasteiger partial charge on any atom is 0.229 e.